The van der Waals surface area contributed by atoms with Crippen LogP contribution in [0.5, 0.6) is 0 Å². The monoisotopic (exact) mass is 368 g/mol. The largest absolute Gasteiger partial charge is 0.380 e. The number of hydrogen-bond acceptors (Lipinski definition) is 6. The van der Waals surface area contributed by atoms with Crippen molar-refractivity contribution in [1.29, 1.82) is 0 Å². The number of rotatable bonds is 7. The molecule has 0 radical (unpaired) electrons. The van der Waals surface area contributed by atoms with Crippen molar-refractivity contribution in [3.05, 3.63) is 52.8 Å². The highest BCUT2D eigenvalue weighted by Crippen LogP contribution is 2.20. The molecule has 1 aromatic heterocycles. The van der Waals surface area contributed by atoms with E-state index in [0.717, 1.165) is 11.3 Å². The van der Waals surface area contributed by atoms with Gasteiger partial charge in [0.05, 0.1) is 11.3 Å². The van der Waals surface area contributed by atoms with Gasteiger partial charge >= 0.3 is 0 Å². The quantitative estimate of drug-likeness (QED) is 0.504. The number of carbonyl (C=O) groups is 1. The molecule has 24 heavy (non-hydrogen) atoms. The van der Waals surface area contributed by atoms with Gasteiger partial charge in [-0.1, -0.05) is 23.7 Å². The smallest absolute Gasteiger partial charge is 0.252 e. The Labute approximate surface area is 146 Å². The van der Waals surface area contributed by atoms with E-state index < -0.39 is 16.6 Å². The lowest BCUT2D eigenvalue weighted by atomic mass is 10.1. The van der Waals surface area contributed by atoms with E-state index >= 15 is 0 Å². The Kier molecular flexibility index (Phi) is 5.99. The summed E-state index contributed by atoms with van der Waals surface area (Å²) in [6, 6.07) is 8.92. The topological polar surface area (TPSA) is 105 Å². The van der Waals surface area contributed by atoms with Gasteiger partial charge in [-0.15, -0.1) is 0 Å². The first-order valence-corrected chi connectivity index (χ1v) is 8.72. The molecule has 2 aromatic rings. The first-order valence-electron chi connectivity index (χ1n) is 6.98. The zero-order valence-electron chi connectivity index (χ0n) is 12.9. The van der Waals surface area contributed by atoms with E-state index in [-0.39, 0.29) is 16.6 Å². The Morgan fingerprint density at radius 1 is 1.38 bits per heavy atom. The third-order valence-electron chi connectivity index (χ3n) is 3.30. The first-order chi connectivity index (χ1) is 11.4. The minimum absolute atomic E-state index is 0.0575. The number of carbonyl (C=O) groups excluding carboxylic acids is 1. The first kappa shape index (κ1) is 18.0. The number of nitrogens with two attached hydrogens (primary N) is 1. The van der Waals surface area contributed by atoms with Crippen LogP contribution >= 0.6 is 11.6 Å². The Morgan fingerprint density at radius 3 is 2.79 bits per heavy atom. The van der Waals surface area contributed by atoms with Gasteiger partial charge in [-0.25, -0.2) is 13.4 Å². The van der Waals surface area contributed by atoms with E-state index in [2.05, 4.69) is 10.3 Å². The third kappa shape index (κ3) is 4.84. The van der Waals surface area contributed by atoms with Gasteiger partial charge in [0.2, 0.25) is 0 Å². The number of pyridine rings is 1. The van der Waals surface area contributed by atoms with Crippen LogP contribution in [0, 0.1) is 0 Å². The number of benzene rings is 1. The van der Waals surface area contributed by atoms with Gasteiger partial charge < -0.3 is 16.0 Å². The molecule has 1 aromatic carbocycles. The summed E-state index contributed by atoms with van der Waals surface area (Å²) in [4.78, 5) is 16.9. The highest BCUT2D eigenvalue weighted by Gasteiger charge is 2.10. The SMILES string of the molecule is CN(C[SH](=O)=O)c1cccc(CNc2cc(Cl)ncc2C(N)=O)c1. The predicted molar refractivity (Wildman–Crippen MR) is 95.1 cm³/mol. The minimum Gasteiger partial charge on any atom is -0.380 e. The zero-order valence-corrected chi connectivity index (χ0v) is 14.6. The van der Waals surface area contributed by atoms with Crippen LogP contribution in [0.25, 0.3) is 0 Å². The van der Waals surface area contributed by atoms with Crippen LogP contribution in [0.15, 0.2) is 36.5 Å². The van der Waals surface area contributed by atoms with E-state index in [1.807, 2.05) is 24.3 Å². The molecule has 1 amide bonds. The highest BCUT2D eigenvalue weighted by atomic mass is 35.5. The molecule has 0 fully saturated rings. The molecule has 0 saturated carbocycles. The van der Waals surface area contributed by atoms with Crippen LogP contribution in [0.4, 0.5) is 11.4 Å². The standard InChI is InChI=1S/C15H17ClN4O3S/c1-20(9-24(22)23)11-4-2-3-10(5-11)7-18-13-6-14(16)19-8-12(13)15(17)21/h2-6,8,24H,7,9H2,1H3,(H2,17,21)(H,18,19). The Morgan fingerprint density at radius 2 is 2.12 bits per heavy atom. The molecule has 2 rings (SSSR count). The second-order valence-electron chi connectivity index (χ2n) is 5.11. The number of anilines is 2. The zero-order chi connectivity index (χ0) is 17.7. The number of nitrogens with one attached hydrogen (secondary N) is 1. The molecule has 0 aliphatic carbocycles. The molecule has 3 N–H and O–H groups in total. The van der Waals surface area contributed by atoms with Gasteiger partial charge in [0, 0.05) is 25.5 Å². The molecule has 9 heteroatoms. The summed E-state index contributed by atoms with van der Waals surface area (Å²) in [6.45, 7) is 0.409. The van der Waals surface area contributed by atoms with Crippen molar-refractivity contribution in [2.75, 3.05) is 23.1 Å². The normalized spacial score (nSPS) is 10.6. The van der Waals surface area contributed by atoms with E-state index in [0.29, 0.717) is 12.2 Å². The second-order valence-corrected chi connectivity index (χ2v) is 6.45. The van der Waals surface area contributed by atoms with Crippen LogP contribution in [-0.2, 0) is 17.2 Å². The van der Waals surface area contributed by atoms with Crippen molar-refractivity contribution in [3.8, 4) is 0 Å². The summed E-state index contributed by atoms with van der Waals surface area (Å²) in [5, 5.41) is 3.34. The fourth-order valence-corrected chi connectivity index (χ4v) is 2.80. The number of halogens is 1. The average Bonchev–Trinajstić information content (AvgIpc) is 2.52. The van der Waals surface area contributed by atoms with Crippen molar-refractivity contribution in [2.45, 2.75) is 6.54 Å². The van der Waals surface area contributed by atoms with Crippen molar-refractivity contribution in [3.63, 3.8) is 0 Å². The van der Waals surface area contributed by atoms with Crippen molar-refractivity contribution in [2.24, 2.45) is 5.73 Å². The number of aromatic nitrogens is 1. The summed E-state index contributed by atoms with van der Waals surface area (Å²) in [6.07, 6.45) is 1.32. The van der Waals surface area contributed by atoms with Gasteiger partial charge in [0.25, 0.3) is 5.91 Å². The Balaban J connectivity index is 2.15. The summed E-state index contributed by atoms with van der Waals surface area (Å²) in [5.41, 5.74) is 7.73. The lowest BCUT2D eigenvalue weighted by molar-refractivity contribution is 0.100. The maximum absolute atomic E-state index is 11.4. The van der Waals surface area contributed by atoms with Gasteiger partial charge in [-0.2, -0.15) is 0 Å². The lowest BCUT2D eigenvalue weighted by Gasteiger charge is -2.17. The molecule has 0 unspecified atom stereocenters. The summed E-state index contributed by atoms with van der Waals surface area (Å²) in [7, 11) is -0.795. The average molecular weight is 369 g/mol. The number of nitrogens with zero attached hydrogens (tertiary/aromatic N) is 2. The van der Waals surface area contributed by atoms with Crippen LogP contribution in [0.3, 0.4) is 0 Å². The van der Waals surface area contributed by atoms with Gasteiger partial charge in [-0.05, 0) is 23.8 Å². The summed E-state index contributed by atoms with van der Waals surface area (Å²) >= 11 is 5.85. The fourth-order valence-electron chi connectivity index (χ4n) is 2.13. The molecule has 0 aliphatic rings. The maximum Gasteiger partial charge on any atom is 0.252 e. The second kappa shape index (κ2) is 7.98. The number of primary amides is 1. The number of hydrogen-bond donors (Lipinski definition) is 3. The Hall–Kier alpha value is -2.32. The van der Waals surface area contributed by atoms with Gasteiger partial charge in [0.1, 0.15) is 11.0 Å². The summed E-state index contributed by atoms with van der Waals surface area (Å²) < 4.78 is 21.7. The van der Waals surface area contributed by atoms with Crippen molar-refractivity contribution >= 4 is 39.6 Å². The molecule has 7 nitrogen and oxygen atoms in total. The van der Waals surface area contributed by atoms with Gasteiger partial charge in [0.15, 0.2) is 10.7 Å². The van der Waals surface area contributed by atoms with E-state index in [4.69, 9.17) is 17.3 Å². The molecule has 0 bridgehead atoms. The molecular weight excluding hydrogens is 352 g/mol. The minimum atomic E-state index is -2.50. The van der Waals surface area contributed by atoms with Crippen LogP contribution in [0.1, 0.15) is 15.9 Å². The van der Waals surface area contributed by atoms with E-state index in [1.54, 1.807) is 11.9 Å². The molecule has 0 saturated heterocycles. The molecule has 0 aliphatic heterocycles. The van der Waals surface area contributed by atoms with E-state index in [9.17, 15) is 13.2 Å². The molecular formula is C15H17ClN4O3S. The highest BCUT2D eigenvalue weighted by molar-refractivity contribution is 7.72. The molecule has 0 spiro atoms. The summed E-state index contributed by atoms with van der Waals surface area (Å²) in [5.74, 6) is -0.660. The molecule has 0 atom stereocenters. The van der Waals surface area contributed by atoms with Crippen LogP contribution < -0.4 is 16.0 Å². The van der Waals surface area contributed by atoms with Crippen molar-refractivity contribution < 1.29 is 13.2 Å². The Bertz CT molecular complexity index is 818. The van der Waals surface area contributed by atoms with E-state index in [1.165, 1.54) is 12.3 Å². The van der Waals surface area contributed by atoms with Crippen LogP contribution in [0.2, 0.25) is 5.15 Å². The van der Waals surface area contributed by atoms with Crippen molar-refractivity contribution in [1.82, 2.24) is 4.98 Å². The molecule has 1 heterocycles. The van der Waals surface area contributed by atoms with Crippen LogP contribution in [-0.4, -0.2) is 32.2 Å². The lowest BCUT2D eigenvalue weighted by Crippen LogP contribution is -2.19. The maximum atomic E-state index is 11.4. The van der Waals surface area contributed by atoms with Gasteiger partial charge in [-0.3, -0.25) is 4.79 Å². The number of amides is 1. The fraction of sp³-hybridized carbons (Fsp3) is 0.200. The predicted octanol–water partition coefficient (Wildman–Crippen LogP) is 1.45. The third-order valence-corrected chi connectivity index (χ3v) is 4.16. The molecule has 128 valence electrons. The number of thiol groups is 1.